The van der Waals surface area contributed by atoms with Gasteiger partial charge in [-0.25, -0.2) is 8.78 Å². The van der Waals surface area contributed by atoms with Crippen LogP contribution < -0.4 is 5.32 Å². The molecule has 1 aromatic heterocycles. The SMILES string of the molecule is Cc1nc(CN2CCC[C@H](N[C@H](C)c3ccc(F)c(F)c3)C2)no1. The molecule has 2 heterocycles. The summed E-state index contributed by atoms with van der Waals surface area (Å²) < 4.78 is 31.5. The summed E-state index contributed by atoms with van der Waals surface area (Å²) in [4.78, 5) is 6.52. The Kier molecular flexibility index (Phi) is 5.20. The highest BCUT2D eigenvalue weighted by atomic mass is 19.2. The summed E-state index contributed by atoms with van der Waals surface area (Å²) in [7, 11) is 0. The number of likely N-dealkylation sites (tertiary alicyclic amines) is 1. The van der Waals surface area contributed by atoms with Crippen LogP contribution in [0.15, 0.2) is 22.7 Å². The van der Waals surface area contributed by atoms with E-state index in [-0.39, 0.29) is 12.1 Å². The van der Waals surface area contributed by atoms with E-state index >= 15 is 0 Å². The van der Waals surface area contributed by atoms with Crippen molar-refractivity contribution < 1.29 is 13.3 Å². The van der Waals surface area contributed by atoms with Crippen LogP contribution in [0.1, 0.15) is 43.1 Å². The van der Waals surface area contributed by atoms with Gasteiger partial charge < -0.3 is 9.84 Å². The maximum Gasteiger partial charge on any atom is 0.223 e. The van der Waals surface area contributed by atoms with Gasteiger partial charge in [0.2, 0.25) is 5.89 Å². The number of hydrogen-bond donors (Lipinski definition) is 1. The zero-order valence-electron chi connectivity index (χ0n) is 13.9. The van der Waals surface area contributed by atoms with Crippen LogP contribution in [0.2, 0.25) is 0 Å². The molecule has 1 aromatic carbocycles. The van der Waals surface area contributed by atoms with Gasteiger partial charge in [-0.05, 0) is 44.0 Å². The molecule has 24 heavy (non-hydrogen) atoms. The highest BCUT2D eigenvalue weighted by Crippen LogP contribution is 2.19. The normalized spacial score (nSPS) is 20.2. The number of nitrogens with zero attached hydrogens (tertiary/aromatic N) is 3. The van der Waals surface area contributed by atoms with Gasteiger partial charge in [-0.1, -0.05) is 11.2 Å². The highest BCUT2D eigenvalue weighted by molar-refractivity contribution is 5.21. The third-order valence-corrected chi connectivity index (χ3v) is 4.37. The molecular weight excluding hydrogens is 314 g/mol. The highest BCUT2D eigenvalue weighted by Gasteiger charge is 2.23. The van der Waals surface area contributed by atoms with Crippen LogP contribution in [-0.2, 0) is 6.54 Å². The van der Waals surface area contributed by atoms with Crippen LogP contribution in [0, 0.1) is 18.6 Å². The third kappa shape index (κ3) is 4.15. The predicted molar refractivity (Wildman–Crippen MR) is 85.2 cm³/mol. The van der Waals surface area contributed by atoms with Gasteiger partial charge in [0.1, 0.15) is 0 Å². The van der Waals surface area contributed by atoms with Crippen LogP contribution in [-0.4, -0.2) is 34.2 Å². The van der Waals surface area contributed by atoms with Crippen molar-refractivity contribution in [2.24, 2.45) is 0 Å². The summed E-state index contributed by atoms with van der Waals surface area (Å²) in [5.41, 5.74) is 0.750. The standard InChI is InChI=1S/C17H22F2N4O/c1-11(13-5-6-15(18)16(19)8-13)20-14-4-3-7-23(9-14)10-17-21-12(2)24-22-17/h5-6,8,11,14,20H,3-4,7,9-10H2,1-2H3/t11-,14+/m1/s1. The van der Waals surface area contributed by atoms with Crippen molar-refractivity contribution in [3.63, 3.8) is 0 Å². The van der Waals surface area contributed by atoms with Gasteiger partial charge in [0.25, 0.3) is 0 Å². The lowest BCUT2D eigenvalue weighted by Crippen LogP contribution is -2.46. The Labute approximate surface area is 140 Å². The first kappa shape index (κ1) is 17.0. The molecule has 3 rings (SSSR count). The molecule has 0 bridgehead atoms. The van der Waals surface area contributed by atoms with Crippen molar-refractivity contribution in [1.29, 1.82) is 0 Å². The van der Waals surface area contributed by atoms with Crippen LogP contribution in [0.25, 0.3) is 0 Å². The molecule has 0 amide bonds. The minimum absolute atomic E-state index is 0.0440. The third-order valence-electron chi connectivity index (χ3n) is 4.37. The number of hydrogen-bond acceptors (Lipinski definition) is 5. The van der Waals surface area contributed by atoms with Gasteiger partial charge in [0.15, 0.2) is 17.5 Å². The van der Waals surface area contributed by atoms with Gasteiger partial charge in [-0.2, -0.15) is 4.98 Å². The molecule has 1 aliphatic rings. The topological polar surface area (TPSA) is 54.2 Å². The van der Waals surface area contributed by atoms with Crippen molar-refractivity contribution >= 4 is 0 Å². The second kappa shape index (κ2) is 7.36. The lowest BCUT2D eigenvalue weighted by molar-refractivity contribution is 0.172. The second-order valence-electron chi connectivity index (χ2n) is 6.37. The second-order valence-corrected chi connectivity index (χ2v) is 6.37. The summed E-state index contributed by atoms with van der Waals surface area (Å²) in [5.74, 6) is -0.352. The lowest BCUT2D eigenvalue weighted by atomic mass is 10.0. The quantitative estimate of drug-likeness (QED) is 0.910. The van der Waals surface area contributed by atoms with Crippen molar-refractivity contribution in [3.8, 4) is 0 Å². The van der Waals surface area contributed by atoms with Crippen molar-refractivity contribution in [2.75, 3.05) is 13.1 Å². The zero-order valence-corrected chi connectivity index (χ0v) is 13.9. The molecule has 2 aromatic rings. The van der Waals surface area contributed by atoms with E-state index in [1.807, 2.05) is 6.92 Å². The molecule has 1 N–H and O–H groups in total. The van der Waals surface area contributed by atoms with Gasteiger partial charge >= 0.3 is 0 Å². The molecular formula is C17H22F2N4O. The molecule has 1 saturated heterocycles. The minimum atomic E-state index is -0.815. The fourth-order valence-corrected chi connectivity index (χ4v) is 3.17. The summed E-state index contributed by atoms with van der Waals surface area (Å²) >= 11 is 0. The Bertz CT molecular complexity index is 691. The summed E-state index contributed by atoms with van der Waals surface area (Å²) in [6.07, 6.45) is 2.12. The lowest BCUT2D eigenvalue weighted by Gasteiger charge is -2.34. The smallest absolute Gasteiger partial charge is 0.223 e. The van der Waals surface area contributed by atoms with E-state index in [4.69, 9.17) is 4.52 Å². The van der Waals surface area contributed by atoms with Gasteiger partial charge in [0, 0.05) is 25.6 Å². The number of aryl methyl sites for hydroxylation is 1. The van der Waals surface area contributed by atoms with E-state index in [1.165, 1.54) is 12.1 Å². The maximum absolute atomic E-state index is 13.4. The number of nitrogens with one attached hydrogen (secondary N) is 1. The van der Waals surface area contributed by atoms with Crippen molar-refractivity contribution in [2.45, 2.75) is 45.3 Å². The summed E-state index contributed by atoms with van der Waals surface area (Å²) in [6, 6.07) is 4.30. The predicted octanol–water partition coefficient (Wildman–Crippen LogP) is 2.97. The first-order valence-corrected chi connectivity index (χ1v) is 8.24. The van der Waals surface area contributed by atoms with Crippen molar-refractivity contribution in [1.82, 2.24) is 20.4 Å². The molecule has 130 valence electrons. The Hall–Kier alpha value is -1.86. The maximum atomic E-state index is 13.4. The number of halogens is 2. The molecule has 0 unspecified atom stereocenters. The Morgan fingerprint density at radius 2 is 2.21 bits per heavy atom. The van der Waals surface area contributed by atoms with E-state index in [0.717, 1.165) is 31.5 Å². The number of benzene rings is 1. The molecule has 0 saturated carbocycles. The number of aromatic nitrogens is 2. The zero-order chi connectivity index (χ0) is 17.1. The van der Waals surface area contributed by atoms with Crippen LogP contribution >= 0.6 is 0 Å². The molecule has 1 aliphatic heterocycles. The van der Waals surface area contributed by atoms with E-state index in [2.05, 4.69) is 20.4 Å². The number of rotatable bonds is 5. The number of piperidine rings is 1. The van der Waals surface area contributed by atoms with E-state index in [9.17, 15) is 8.78 Å². The molecule has 2 atom stereocenters. The average molecular weight is 336 g/mol. The fourth-order valence-electron chi connectivity index (χ4n) is 3.17. The Balaban J connectivity index is 1.57. The van der Waals surface area contributed by atoms with Gasteiger partial charge in [-0.3, -0.25) is 4.90 Å². The molecule has 0 aliphatic carbocycles. The van der Waals surface area contributed by atoms with Gasteiger partial charge in [0.05, 0.1) is 6.54 Å². The molecule has 0 radical (unpaired) electrons. The molecule has 1 fully saturated rings. The minimum Gasteiger partial charge on any atom is -0.340 e. The summed E-state index contributed by atoms with van der Waals surface area (Å²) in [6.45, 7) is 6.26. The summed E-state index contributed by atoms with van der Waals surface area (Å²) in [5, 5.41) is 7.44. The monoisotopic (exact) mass is 336 g/mol. The first-order valence-electron chi connectivity index (χ1n) is 8.24. The van der Waals surface area contributed by atoms with Crippen molar-refractivity contribution in [3.05, 3.63) is 47.1 Å². The van der Waals surface area contributed by atoms with E-state index in [0.29, 0.717) is 18.3 Å². The van der Waals surface area contributed by atoms with Gasteiger partial charge in [-0.15, -0.1) is 0 Å². The van der Waals surface area contributed by atoms with Crippen LogP contribution in [0.3, 0.4) is 0 Å². The molecule has 0 spiro atoms. The largest absolute Gasteiger partial charge is 0.340 e. The van der Waals surface area contributed by atoms with Crippen LogP contribution in [0.4, 0.5) is 8.78 Å². The first-order chi connectivity index (χ1) is 11.5. The van der Waals surface area contributed by atoms with E-state index in [1.54, 1.807) is 13.0 Å². The fraction of sp³-hybridized carbons (Fsp3) is 0.529. The molecule has 5 nitrogen and oxygen atoms in total. The van der Waals surface area contributed by atoms with E-state index < -0.39 is 11.6 Å². The average Bonchev–Trinajstić information content (AvgIpc) is 2.95. The Morgan fingerprint density at radius 1 is 1.38 bits per heavy atom. The Morgan fingerprint density at radius 3 is 2.92 bits per heavy atom. The molecule has 7 heteroatoms. The van der Waals surface area contributed by atoms with Crippen LogP contribution in [0.5, 0.6) is 0 Å².